The van der Waals surface area contributed by atoms with Crippen LogP contribution in [0, 0.1) is 0 Å². The van der Waals surface area contributed by atoms with Crippen LogP contribution in [0.1, 0.15) is 25.0 Å². The number of hydrogen-bond acceptors (Lipinski definition) is 2. The molecule has 0 fully saturated rings. The van der Waals surface area contributed by atoms with Gasteiger partial charge >= 0.3 is 0 Å². The van der Waals surface area contributed by atoms with Gasteiger partial charge in [-0.3, -0.25) is 4.79 Å². The Hall–Kier alpha value is -1.15. The molecule has 0 radical (unpaired) electrons. The van der Waals surface area contributed by atoms with E-state index in [4.69, 9.17) is 4.74 Å². The number of carbonyl (C=O) groups is 1. The number of rotatable bonds is 5. The van der Waals surface area contributed by atoms with E-state index in [-0.39, 0.29) is 5.78 Å². The minimum absolute atomic E-state index is 0.189. The van der Waals surface area contributed by atoms with Crippen LogP contribution in [0.5, 0.6) is 0 Å². The van der Waals surface area contributed by atoms with Crippen molar-refractivity contribution in [1.82, 2.24) is 0 Å². The summed E-state index contributed by atoms with van der Waals surface area (Å²) in [6.07, 6.45) is 0.503. The summed E-state index contributed by atoms with van der Waals surface area (Å²) >= 11 is 0. The molecule has 0 spiro atoms. The molecule has 2 heteroatoms. The molecule has 0 N–H and O–H groups in total. The Morgan fingerprint density at radius 2 is 1.93 bits per heavy atom. The minimum atomic E-state index is 0.189. The maximum atomic E-state index is 11.0. The van der Waals surface area contributed by atoms with Crippen molar-refractivity contribution in [1.29, 1.82) is 0 Å². The summed E-state index contributed by atoms with van der Waals surface area (Å²) < 4.78 is 5.33. The van der Waals surface area contributed by atoms with Crippen LogP contribution >= 0.6 is 0 Å². The van der Waals surface area contributed by atoms with E-state index in [1.165, 1.54) is 0 Å². The highest BCUT2D eigenvalue weighted by atomic mass is 16.5. The molecule has 2 nitrogen and oxygen atoms in total. The first-order valence-electron chi connectivity index (χ1n) is 4.88. The number of ether oxygens (including phenoxy) is 1. The van der Waals surface area contributed by atoms with Gasteiger partial charge in [-0.05, 0) is 25.0 Å². The second-order valence-corrected chi connectivity index (χ2v) is 3.28. The summed E-state index contributed by atoms with van der Waals surface area (Å²) in [6.45, 7) is 4.87. The molecule has 0 aliphatic carbocycles. The second kappa shape index (κ2) is 5.55. The number of benzene rings is 1. The van der Waals surface area contributed by atoms with Gasteiger partial charge in [0.25, 0.3) is 0 Å². The fraction of sp³-hybridized carbons (Fsp3) is 0.417. The van der Waals surface area contributed by atoms with Gasteiger partial charge in [-0.1, -0.05) is 24.3 Å². The summed E-state index contributed by atoms with van der Waals surface area (Å²) in [5, 5.41) is 0. The third kappa shape index (κ3) is 3.30. The topological polar surface area (TPSA) is 26.3 Å². The third-order valence-corrected chi connectivity index (χ3v) is 2.02. The molecule has 0 saturated heterocycles. The lowest BCUT2D eigenvalue weighted by molar-refractivity contribution is -0.116. The van der Waals surface area contributed by atoms with Gasteiger partial charge in [-0.15, -0.1) is 0 Å². The number of ketones is 1. The number of hydrogen-bond donors (Lipinski definition) is 0. The lowest BCUT2D eigenvalue weighted by Crippen LogP contribution is -2.02. The van der Waals surface area contributed by atoms with Crippen LogP contribution < -0.4 is 0 Å². The molecule has 1 aromatic rings. The molecule has 0 amide bonds. The molecular formula is C12H16O2. The smallest absolute Gasteiger partial charge is 0.134 e. The quantitative estimate of drug-likeness (QED) is 0.715. The number of carbonyl (C=O) groups excluding carboxylic acids is 1. The third-order valence-electron chi connectivity index (χ3n) is 2.02. The molecule has 14 heavy (non-hydrogen) atoms. The largest absolute Gasteiger partial charge is 0.377 e. The van der Waals surface area contributed by atoms with Crippen molar-refractivity contribution in [2.24, 2.45) is 0 Å². The summed E-state index contributed by atoms with van der Waals surface area (Å²) in [7, 11) is 0. The molecule has 0 heterocycles. The molecule has 0 aliphatic heterocycles. The predicted molar refractivity (Wildman–Crippen MR) is 56.2 cm³/mol. The molecule has 1 rings (SSSR count). The van der Waals surface area contributed by atoms with E-state index >= 15 is 0 Å². The van der Waals surface area contributed by atoms with Crippen molar-refractivity contribution >= 4 is 5.78 Å². The maximum Gasteiger partial charge on any atom is 0.134 e. The fourth-order valence-corrected chi connectivity index (χ4v) is 1.35. The van der Waals surface area contributed by atoms with Crippen LogP contribution in [-0.4, -0.2) is 12.4 Å². The van der Waals surface area contributed by atoms with Crippen molar-refractivity contribution in [3.8, 4) is 0 Å². The molecule has 0 aliphatic rings. The van der Waals surface area contributed by atoms with Crippen LogP contribution in [0.25, 0.3) is 0 Å². The molecule has 76 valence electrons. The molecule has 0 saturated carbocycles. The van der Waals surface area contributed by atoms with E-state index in [0.29, 0.717) is 19.6 Å². The summed E-state index contributed by atoms with van der Waals surface area (Å²) in [5.74, 6) is 0.189. The predicted octanol–water partition coefficient (Wildman–Crippen LogP) is 2.35. The Bertz CT molecular complexity index is 305. The zero-order valence-electron chi connectivity index (χ0n) is 8.75. The Morgan fingerprint density at radius 1 is 1.29 bits per heavy atom. The Labute approximate surface area is 84.9 Å². The molecule has 0 bridgehead atoms. The van der Waals surface area contributed by atoms with Crippen LogP contribution in [-0.2, 0) is 22.6 Å². The van der Waals surface area contributed by atoms with Gasteiger partial charge < -0.3 is 4.74 Å². The standard InChI is InChI=1S/C12H16O2/c1-3-14-9-12-7-5-4-6-11(12)8-10(2)13/h4-7H,3,8-9H2,1-2H3. The van der Waals surface area contributed by atoms with Gasteiger partial charge in [0.1, 0.15) is 5.78 Å². The monoisotopic (exact) mass is 192 g/mol. The SMILES string of the molecule is CCOCc1ccccc1CC(C)=O. The van der Waals surface area contributed by atoms with Gasteiger partial charge in [-0.25, -0.2) is 0 Å². The van der Waals surface area contributed by atoms with Crippen molar-refractivity contribution in [3.05, 3.63) is 35.4 Å². The first kappa shape index (κ1) is 10.9. The van der Waals surface area contributed by atoms with Crippen molar-refractivity contribution in [3.63, 3.8) is 0 Å². The zero-order valence-corrected chi connectivity index (χ0v) is 8.75. The normalized spacial score (nSPS) is 10.1. The highest BCUT2D eigenvalue weighted by molar-refractivity contribution is 5.78. The number of Topliss-reactive ketones (excluding diaryl/α,β-unsaturated/α-hetero) is 1. The van der Waals surface area contributed by atoms with E-state index in [1.807, 2.05) is 31.2 Å². The van der Waals surface area contributed by atoms with Crippen molar-refractivity contribution in [2.75, 3.05) is 6.61 Å². The van der Waals surface area contributed by atoms with Gasteiger partial charge in [0.2, 0.25) is 0 Å². The van der Waals surface area contributed by atoms with Gasteiger partial charge in [0, 0.05) is 13.0 Å². The molecule has 0 aromatic heterocycles. The van der Waals surface area contributed by atoms with E-state index in [0.717, 1.165) is 11.1 Å². The van der Waals surface area contributed by atoms with E-state index in [1.54, 1.807) is 6.92 Å². The van der Waals surface area contributed by atoms with Gasteiger partial charge in [0.15, 0.2) is 0 Å². The van der Waals surface area contributed by atoms with Crippen LogP contribution in [0.2, 0.25) is 0 Å². The zero-order chi connectivity index (χ0) is 10.4. The molecule has 1 aromatic carbocycles. The summed E-state index contributed by atoms with van der Waals surface area (Å²) in [5.41, 5.74) is 2.19. The Morgan fingerprint density at radius 3 is 2.50 bits per heavy atom. The van der Waals surface area contributed by atoms with Gasteiger partial charge in [0.05, 0.1) is 6.61 Å². The first-order valence-corrected chi connectivity index (χ1v) is 4.88. The molecule has 0 atom stereocenters. The Balaban J connectivity index is 2.74. The summed E-state index contributed by atoms with van der Waals surface area (Å²) in [4.78, 5) is 11.0. The first-order chi connectivity index (χ1) is 6.74. The average Bonchev–Trinajstić information content (AvgIpc) is 2.16. The van der Waals surface area contributed by atoms with Gasteiger partial charge in [-0.2, -0.15) is 0 Å². The highest BCUT2D eigenvalue weighted by Gasteiger charge is 2.03. The summed E-state index contributed by atoms with van der Waals surface area (Å²) in [6, 6.07) is 7.91. The lowest BCUT2D eigenvalue weighted by atomic mass is 10.0. The molecule has 0 unspecified atom stereocenters. The maximum absolute atomic E-state index is 11.0. The van der Waals surface area contributed by atoms with Crippen LogP contribution in [0.3, 0.4) is 0 Å². The highest BCUT2D eigenvalue weighted by Crippen LogP contribution is 2.11. The van der Waals surface area contributed by atoms with E-state index in [2.05, 4.69) is 0 Å². The minimum Gasteiger partial charge on any atom is -0.377 e. The average molecular weight is 192 g/mol. The second-order valence-electron chi connectivity index (χ2n) is 3.28. The Kier molecular flexibility index (Phi) is 4.33. The van der Waals surface area contributed by atoms with Crippen molar-refractivity contribution in [2.45, 2.75) is 26.9 Å². The fourth-order valence-electron chi connectivity index (χ4n) is 1.35. The molecular weight excluding hydrogens is 176 g/mol. The van der Waals surface area contributed by atoms with Crippen molar-refractivity contribution < 1.29 is 9.53 Å². The van der Waals surface area contributed by atoms with E-state index < -0.39 is 0 Å². The van der Waals surface area contributed by atoms with Crippen LogP contribution in [0.4, 0.5) is 0 Å². The van der Waals surface area contributed by atoms with Crippen LogP contribution in [0.15, 0.2) is 24.3 Å². The lowest BCUT2D eigenvalue weighted by Gasteiger charge is -2.07. The van der Waals surface area contributed by atoms with E-state index in [9.17, 15) is 4.79 Å².